The van der Waals surface area contributed by atoms with Gasteiger partial charge < -0.3 is 12.7 Å². The molecule has 0 bridgehead atoms. The number of amidine groups is 1. The molecule has 9 nitrogen and oxygen atoms in total. The molecule has 1 heterocycles. The van der Waals surface area contributed by atoms with Crippen molar-refractivity contribution in [1.29, 1.82) is 0 Å². The predicted molar refractivity (Wildman–Crippen MR) is 121 cm³/mol. The van der Waals surface area contributed by atoms with Gasteiger partial charge in [-0.05, 0) is 12.8 Å². The van der Waals surface area contributed by atoms with Crippen molar-refractivity contribution in [2.75, 3.05) is 11.8 Å². The number of carbonyl (C=O) groups is 1. The minimum Gasteiger partial charge on any atom is -0.358 e. The van der Waals surface area contributed by atoms with Crippen molar-refractivity contribution in [3.63, 3.8) is 0 Å². The molecule has 0 atom stereocenters. The van der Waals surface area contributed by atoms with Crippen molar-refractivity contribution in [2.45, 2.75) is 60.8 Å². The second-order valence-corrected chi connectivity index (χ2v) is 7.66. The zero-order chi connectivity index (χ0) is 18.5. The Morgan fingerprint density at radius 1 is 1.25 bits per heavy atom. The van der Waals surface area contributed by atoms with Gasteiger partial charge in [0.05, 0.1) is 0 Å². The summed E-state index contributed by atoms with van der Waals surface area (Å²) in [4.78, 5) is 14.5. The minimum absolute atomic E-state index is 0. The molecule has 0 aromatic carbocycles. The summed E-state index contributed by atoms with van der Waals surface area (Å²) >= 11 is 0. The van der Waals surface area contributed by atoms with E-state index in [4.69, 9.17) is 0 Å². The molecule has 0 aromatic heterocycles. The van der Waals surface area contributed by atoms with Gasteiger partial charge in [0.25, 0.3) is 10.0 Å². The van der Waals surface area contributed by atoms with Crippen LogP contribution >= 0.6 is 0 Å². The van der Waals surface area contributed by atoms with Crippen LogP contribution in [0.2, 0.25) is 0 Å². The van der Waals surface area contributed by atoms with E-state index in [2.05, 4.69) is 20.2 Å². The maximum Gasteiger partial charge on any atom is 0.254 e. The average Bonchev–Trinajstić information content (AvgIpc) is 2.79. The smallest absolute Gasteiger partial charge is 0.254 e. The minimum atomic E-state index is -3.57. The Morgan fingerprint density at radius 2 is 1.71 bits per heavy atom. The summed E-state index contributed by atoms with van der Waals surface area (Å²) in [5.41, 5.74) is 0. The Bertz CT molecular complexity index is 599. The first kappa shape index (κ1) is 46.3. The Morgan fingerprint density at radius 3 is 2.00 bits per heavy atom. The van der Waals surface area contributed by atoms with Crippen LogP contribution in [0.25, 0.3) is 0 Å². The van der Waals surface area contributed by atoms with E-state index >= 15 is 0 Å². The van der Waals surface area contributed by atoms with Gasteiger partial charge in [0.2, 0.25) is 15.9 Å². The molecule has 0 fully saturated rings. The molecule has 14 heteroatoms. The summed E-state index contributed by atoms with van der Waals surface area (Å²) in [7, 11) is -6.64. The number of rotatable bonds is 6. The molecule has 7 radical (unpaired) electrons. The number of nitrogens with zero attached hydrogens (tertiary/aromatic N) is 1. The summed E-state index contributed by atoms with van der Waals surface area (Å²) in [6.45, 7) is 7.81. The number of aliphatic imine (C=N–C) groups is 1. The van der Waals surface area contributed by atoms with Gasteiger partial charge in [-0.1, -0.05) is 35.1 Å². The van der Waals surface area contributed by atoms with Crippen molar-refractivity contribution in [2.24, 2.45) is 10.1 Å². The number of primary sulfonamides is 1. The Hall–Kier alpha value is 0.0338. The summed E-state index contributed by atoms with van der Waals surface area (Å²) in [6.07, 6.45) is 2.66. The number of sulfonamides is 2. The van der Waals surface area contributed by atoms with E-state index < -0.39 is 25.9 Å². The summed E-state index contributed by atoms with van der Waals surface area (Å²) in [6, 6.07) is 0. The third-order valence-electron chi connectivity index (χ3n) is 2.13. The van der Waals surface area contributed by atoms with Crippen LogP contribution in [0.3, 0.4) is 0 Å². The summed E-state index contributed by atoms with van der Waals surface area (Å²) in [5.74, 6) is -0.266. The number of carbonyl (C=O) groups excluding carboxylic acids is 1. The zero-order valence-electron chi connectivity index (χ0n) is 16.9. The van der Waals surface area contributed by atoms with Gasteiger partial charge in [-0.15, -0.1) is 0 Å². The Labute approximate surface area is 205 Å². The van der Waals surface area contributed by atoms with Gasteiger partial charge in [0, 0.05) is 65.2 Å². The van der Waals surface area contributed by atoms with Crippen LogP contribution in [0.15, 0.2) is 4.99 Å². The van der Waals surface area contributed by atoms with E-state index in [0.29, 0.717) is 18.7 Å². The standard InChI is InChI=1S/C5H12N2O3S.C5H10N2O2S.C2H6.CH4.CH3.2B.Y.2H2/c1-2-3-5(8)7-4-11(6,9)10;1-2-3-5-6-4-10(8,9)7-5;1-2;;;;;;;/h2-4H2,1H3,(H,7,8)(H2,6,9,10);2-4H2,1H3,(H,6,7);1-2H3;1H4;1H3;;;;2*1H/q;;;;-1;;;;;/i;;;;;;;;2*1+1. The van der Waals surface area contributed by atoms with Crippen molar-refractivity contribution in [1.82, 2.24) is 10.0 Å². The molecule has 4 N–H and O–H groups in total. The molecule has 1 amide bonds. The van der Waals surface area contributed by atoms with Crippen LogP contribution in [0.1, 0.15) is 63.7 Å². The monoisotopic (exact) mass is 520 g/mol. The summed E-state index contributed by atoms with van der Waals surface area (Å²) in [5, 5.41) is 6.81. The van der Waals surface area contributed by atoms with Crippen LogP contribution < -0.4 is 15.2 Å². The van der Waals surface area contributed by atoms with Gasteiger partial charge in [-0.3, -0.25) is 14.5 Å². The molecule has 28 heavy (non-hydrogen) atoms. The van der Waals surface area contributed by atoms with Crippen LogP contribution in [-0.4, -0.2) is 57.2 Å². The van der Waals surface area contributed by atoms with Crippen molar-refractivity contribution >= 4 is 48.6 Å². The van der Waals surface area contributed by atoms with Crippen molar-refractivity contribution in [3.8, 4) is 0 Å². The normalized spacial score (nSPS) is 12.4. The van der Waals surface area contributed by atoms with E-state index in [0.717, 1.165) is 12.8 Å². The molecule has 1 rings (SSSR count). The first-order chi connectivity index (χ1) is 10.6. The van der Waals surface area contributed by atoms with Gasteiger partial charge >= 0.3 is 0 Å². The maximum atomic E-state index is 10.7. The van der Waals surface area contributed by atoms with Gasteiger partial charge in [0.1, 0.15) is 11.7 Å². The molecular formula is C14H39B2N4O5S2Y-. The van der Waals surface area contributed by atoms with E-state index in [1.165, 1.54) is 0 Å². The van der Waals surface area contributed by atoms with E-state index in [1.807, 2.05) is 27.7 Å². The van der Waals surface area contributed by atoms with Crippen LogP contribution in [0.5, 0.6) is 0 Å². The summed E-state index contributed by atoms with van der Waals surface area (Å²) < 4.78 is 44.3. The fourth-order valence-electron chi connectivity index (χ4n) is 1.27. The molecule has 0 spiro atoms. The maximum absolute atomic E-state index is 10.7. The fraction of sp³-hybridized carbons (Fsp3) is 0.786. The molecular weight excluding hydrogens is 479 g/mol. The molecule has 1 aliphatic heterocycles. The van der Waals surface area contributed by atoms with E-state index in [9.17, 15) is 21.6 Å². The van der Waals surface area contributed by atoms with Crippen LogP contribution in [0.4, 0.5) is 0 Å². The third kappa shape index (κ3) is 30.8. The second-order valence-electron chi connectivity index (χ2n) is 4.36. The number of amides is 1. The number of nitrogens with one attached hydrogen (secondary N) is 2. The first-order valence-corrected chi connectivity index (χ1v) is 10.8. The van der Waals surface area contributed by atoms with Crippen molar-refractivity contribution < 1.29 is 57.2 Å². The predicted octanol–water partition coefficient (Wildman–Crippen LogP) is 1.06. The number of nitrogens with two attached hydrogens (primary N) is 1. The quantitative estimate of drug-likeness (QED) is 0.354. The molecule has 1 aliphatic rings. The van der Waals surface area contributed by atoms with Gasteiger partial charge in [-0.2, -0.15) is 0 Å². The SMILES string of the molecule is C.CC.CCCC(=O)NCS(N)(=O)=O.CCCC1=NCS(=O)(=O)N1.[2HH].[2HH].[B].[B].[CH3-].[Y]. The molecule has 0 saturated heterocycles. The second kappa shape index (κ2) is 25.1. The first-order valence-electron chi connectivity index (χ1n) is 7.40. The van der Waals surface area contributed by atoms with Gasteiger partial charge in [-0.25, -0.2) is 22.0 Å². The Kier molecular flexibility index (Phi) is 41.5. The number of hydrogen-bond donors (Lipinski definition) is 3. The van der Waals surface area contributed by atoms with Crippen LogP contribution in [0, 0.1) is 7.43 Å². The molecule has 167 valence electrons. The Balaban J connectivity index is -0.0000000319. The topological polar surface area (TPSA) is 148 Å². The van der Waals surface area contributed by atoms with E-state index in [1.54, 1.807) is 0 Å². The molecule has 0 unspecified atom stereocenters. The van der Waals surface area contributed by atoms with E-state index in [-0.39, 0.29) is 79.0 Å². The molecule has 0 saturated carbocycles. The van der Waals surface area contributed by atoms with Crippen LogP contribution in [-0.2, 0) is 57.6 Å². The largest absolute Gasteiger partial charge is 0.358 e. The average molecular weight is 520 g/mol. The number of hydrogen-bond acceptors (Lipinski definition) is 6. The van der Waals surface area contributed by atoms with Crippen molar-refractivity contribution in [3.05, 3.63) is 7.43 Å². The zero-order valence-corrected chi connectivity index (χ0v) is 21.3. The molecule has 0 aromatic rings. The van der Waals surface area contributed by atoms with Gasteiger partial charge in [0.15, 0.2) is 5.88 Å². The third-order valence-corrected chi connectivity index (χ3v) is 3.70. The molecule has 0 aliphatic carbocycles. The fourth-order valence-corrected chi connectivity index (χ4v) is 2.55.